The Bertz CT molecular complexity index is 1130. The fourth-order valence-corrected chi connectivity index (χ4v) is 4.35. The number of nitrogens with zero attached hydrogens (tertiary/aromatic N) is 2. The number of aromatic amines is 1. The van der Waals surface area contributed by atoms with Gasteiger partial charge in [0, 0.05) is 17.7 Å². The second-order valence-electron chi connectivity index (χ2n) is 7.58. The van der Waals surface area contributed by atoms with E-state index in [1.165, 1.54) is 0 Å². The lowest BCUT2D eigenvalue weighted by atomic mass is 9.93. The summed E-state index contributed by atoms with van der Waals surface area (Å²) in [4.78, 5) is 14.7. The van der Waals surface area contributed by atoms with Gasteiger partial charge in [-0.2, -0.15) is 5.10 Å². The largest absolute Gasteiger partial charge is 0.507 e. The van der Waals surface area contributed by atoms with Crippen LogP contribution in [0.2, 0.25) is 0 Å². The number of aliphatic hydroxyl groups excluding tert-OH is 1. The van der Waals surface area contributed by atoms with Crippen LogP contribution in [0.4, 0.5) is 0 Å². The molecule has 1 unspecified atom stereocenters. The highest BCUT2D eigenvalue weighted by molar-refractivity contribution is 6.00. The molecule has 0 radical (unpaired) electrons. The number of carbonyl (C=O) groups is 1. The van der Waals surface area contributed by atoms with Crippen LogP contribution in [-0.2, 0) is 0 Å². The van der Waals surface area contributed by atoms with Crippen LogP contribution in [-0.4, -0.2) is 58.6 Å². The number of aromatic hydroxyl groups is 1. The summed E-state index contributed by atoms with van der Waals surface area (Å²) in [6, 6.07) is 8.58. The smallest absolute Gasteiger partial charge is 0.273 e. The number of carbonyl (C=O) groups excluding carboxylic acids is 1. The van der Waals surface area contributed by atoms with Gasteiger partial charge in [-0.15, -0.1) is 0 Å². The number of rotatable bonds is 6. The van der Waals surface area contributed by atoms with Gasteiger partial charge in [0.05, 0.1) is 26.9 Å². The first-order chi connectivity index (χ1) is 14.9. The Balaban J connectivity index is 1.94. The molecule has 8 heteroatoms. The molecule has 1 amide bonds. The summed E-state index contributed by atoms with van der Waals surface area (Å²) in [5, 5.41) is 27.6. The Morgan fingerprint density at radius 1 is 1.13 bits per heavy atom. The van der Waals surface area contributed by atoms with Gasteiger partial charge < -0.3 is 24.6 Å². The van der Waals surface area contributed by atoms with E-state index in [-0.39, 0.29) is 24.8 Å². The second kappa shape index (κ2) is 7.96. The van der Waals surface area contributed by atoms with E-state index in [4.69, 9.17) is 9.47 Å². The lowest BCUT2D eigenvalue weighted by molar-refractivity contribution is 0.0706. The molecular formula is C23H25N3O5. The van der Waals surface area contributed by atoms with Gasteiger partial charge in [0.25, 0.3) is 5.91 Å². The molecular weight excluding hydrogens is 398 g/mol. The van der Waals surface area contributed by atoms with Crippen molar-refractivity contribution in [2.75, 3.05) is 27.4 Å². The van der Waals surface area contributed by atoms with Gasteiger partial charge in [0.15, 0.2) is 11.5 Å². The molecule has 0 bridgehead atoms. The van der Waals surface area contributed by atoms with E-state index < -0.39 is 6.04 Å². The number of aromatic nitrogens is 2. The van der Waals surface area contributed by atoms with Gasteiger partial charge in [-0.05, 0) is 48.7 Å². The molecule has 2 aromatic carbocycles. The summed E-state index contributed by atoms with van der Waals surface area (Å²) in [5.74, 6) is 0.950. The fraction of sp³-hybridized carbons (Fsp3) is 0.304. The average molecular weight is 423 g/mol. The standard InChI is InChI=1S/C23H25N3O5/c1-12-9-13(2)18(15(28)10-12)20-19-21(25-24-20)23(29)26(7-8-27)22(19)14-5-6-16(30-3)17(11-14)31-4/h5-6,9-11,22,27-28H,7-8H2,1-4H3,(H,24,25). The molecule has 31 heavy (non-hydrogen) atoms. The Kier molecular flexibility index (Phi) is 5.32. The van der Waals surface area contributed by atoms with Gasteiger partial charge in [-0.1, -0.05) is 12.1 Å². The monoisotopic (exact) mass is 423 g/mol. The van der Waals surface area contributed by atoms with E-state index in [2.05, 4.69) is 10.2 Å². The Morgan fingerprint density at radius 2 is 1.87 bits per heavy atom. The predicted octanol–water partition coefficient (Wildman–Crippen LogP) is 2.95. The number of phenols is 1. The number of benzene rings is 2. The van der Waals surface area contributed by atoms with Crippen molar-refractivity contribution in [3.63, 3.8) is 0 Å². The van der Waals surface area contributed by atoms with E-state index in [9.17, 15) is 15.0 Å². The molecule has 0 saturated carbocycles. The summed E-state index contributed by atoms with van der Waals surface area (Å²) in [5.41, 5.74) is 4.66. The number of β-amino-alcohol motifs (C(OH)–C–C–N with tert-alkyl or cyclic N) is 1. The molecule has 3 N–H and O–H groups in total. The zero-order valence-corrected chi connectivity index (χ0v) is 17.9. The lowest BCUT2D eigenvalue weighted by Gasteiger charge is -2.26. The van der Waals surface area contributed by atoms with Crippen LogP contribution in [0.1, 0.15) is 38.8 Å². The van der Waals surface area contributed by atoms with E-state index in [0.29, 0.717) is 34.0 Å². The number of hydrogen-bond donors (Lipinski definition) is 3. The molecule has 1 atom stereocenters. The molecule has 4 rings (SSSR count). The van der Waals surface area contributed by atoms with Crippen LogP contribution < -0.4 is 9.47 Å². The third-order valence-electron chi connectivity index (χ3n) is 5.62. The number of ether oxygens (including phenoxy) is 2. The highest BCUT2D eigenvalue weighted by atomic mass is 16.5. The van der Waals surface area contributed by atoms with Gasteiger partial charge >= 0.3 is 0 Å². The summed E-state index contributed by atoms with van der Waals surface area (Å²) in [6.07, 6.45) is 0. The fourth-order valence-electron chi connectivity index (χ4n) is 4.35. The number of hydrogen-bond acceptors (Lipinski definition) is 6. The minimum absolute atomic E-state index is 0.103. The van der Waals surface area contributed by atoms with E-state index in [1.807, 2.05) is 32.0 Å². The maximum Gasteiger partial charge on any atom is 0.273 e. The Morgan fingerprint density at radius 3 is 2.52 bits per heavy atom. The van der Waals surface area contributed by atoms with E-state index >= 15 is 0 Å². The molecule has 2 heterocycles. The number of methoxy groups -OCH3 is 2. The molecule has 3 aromatic rings. The minimum atomic E-state index is -0.511. The molecule has 1 aromatic heterocycles. The van der Waals surface area contributed by atoms with Gasteiger partial charge in [0.1, 0.15) is 17.1 Å². The van der Waals surface area contributed by atoms with Crippen molar-refractivity contribution >= 4 is 5.91 Å². The topological polar surface area (TPSA) is 108 Å². The summed E-state index contributed by atoms with van der Waals surface area (Å²) in [6.45, 7) is 3.78. The van der Waals surface area contributed by atoms with E-state index in [0.717, 1.165) is 16.7 Å². The van der Waals surface area contributed by atoms with Crippen molar-refractivity contribution in [2.45, 2.75) is 19.9 Å². The highest BCUT2D eigenvalue weighted by Gasteiger charge is 2.42. The highest BCUT2D eigenvalue weighted by Crippen LogP contribution is 2.46. The van der Waals surface area contributed by atoms with Gasteiger partial charge in [0.2, 0.25) is 0 Å². The van der Waals surface area contributed by atoms with Crippen LogP contribution in [0.3, 0.4) is 0 Å². The van der Waals surface area contributed by atoms with Crippen molar-refractivity contribution in [1.82, 2.24) is 15.1 Å². The first-order valence-electron chi connectivity index (χ1n) is 9.93. The molecule has 0 spiro atoms. The summed E-state index contributed by atoms with van der Waals surface area (Å²) < 4.78 is 10.8. The van der Waals surface area contributed by atoms with Crippen LogP contribution in [0.5, 0.6) is 17.2 Å². The zero-order chi connectivity index (χ0) is 22.3. The average Bonchev–Trinajstić information content (AvgIpc) is 3.27. The second-order valence-corrected chi connectivity index (χ2v) is 7.58. The number of aliphatic hydroxyl groups is 1. The Hall–Kier alpha value is -3.52. The summed E-state index contributed by atoms with van der Waals surface area (Å²) >= 11 is 0. The number of amides is 1. The maximum atomic E-state index is 13.1. The van der Waals surface area contributed by atoms with Crippen LogP contribution in [0.15, 0.2) is 30.3 Å². The molecule has 0 aliphatic carbocycles. The molecule has 162 valence electrons. The third kappa shape index (κ3) is 3.29. The summed E-state index contributed by atoms with van der Waals surface area (Å²) in [7, 11) is 3.11. The predicted molar refractivity (Wildman–Crippen MR) is 115 cm³/mol. The van der Waals surface area contributed by atoms with Crippen molar-refractivity contribution in [3.05, 3.63) is 58.3 Å². The lowest BCUT2D eigenvalue weighted by Crippen LogP contribution is -2.32. The van der Waals surface area contributed by atoms with Crippen molar-refractivity contribution in [2.24, 2.45) is 0 Å². The van der Waals surface area contributed by atoms with E-state index in [1.54, 1.807) is 31.3 Å². The van der Waals surface area contributed by atoms with Crippen LogP contribution in [0, 0.1) is 13.8 Å². The van der Waals surface area contributed by atoms with Crippen LogP contribution >= 0.6 is 0 Å². The first-order valence-corrected chi connectivity index (χ1v) is 9.93. The van der Waals surface area contributed by atoms with Gasteiger partial charge in [-0.25, -0.2) is 0 Å². The third-order valence-corrected chi connectivity index (χ3v) is 5.62. The number of aryl methyl sites for hydroxylation is 2. The maximum absolute atomic E-state index is 13.1. The quantitative estimate of drug-likeness (QED) is 0.563. The molecule has 0 saturated heterocycles. The molecule has 1 aliphatic heterocycles. The Labute approximate surface area is 180 Å². The van der Waals surface area contributed by atoms with Gasteiger partial charge in [-0.3, -0.25) is 9.89 Å². The minimum Gasteiger partial charge on any atom is -0.507 e. The first kappa shape index (κ1) is 20.7. The van der Waals surface area contributed by atoms with Crippen molar-refractivity contribution in [1.29, 1.82) is 0 Å². The number of H-pyrrole nitrogens is 1. The SMILES string of the molecule is COc1ccc(C2c3c(-c4c(C)cc(C)cc4O)n[nH]c3C(=O)N2CCO)cc1OC. The molecule has 8 nitrogen and oxygen atoms in total. The molecule has 1 aliphatic rings. The van der Waals surface area contributed by atoms with Crippen molar-refractivity contribution < 1.29 is 24.5 Å². The number of phenolic OH excluding ortho intramolecular Hbond substituents is 1. The number of nitrogens with one attached hydrogen (secondary N) is 1. The van der Waals surface area contributed by atoms with Crippen molar-refractivity contribution in [3.8, 4) is 28.5 Å². The van der Waals surface area contributed by atoms with Crippen LogP contribution in [0.25, 0.3) is 11.3 Å². The molecule has 0 fully saturated rings. The number of fused-ring (bicyclic) bond motifs is 1. The zero-order valence-electron chi connectivity index (χ0n) is 17.9. The normalized spacial score (nSPS) is 15.3.